The molecule has 4 heteroatoms. The molecule has 0 saturated carbocycles. The number of likely N-dealkylation sites (tertiary alicyclic amines) is 1. The van der Waals surface area contributed by atoms with Crippen LogP contribution in [0.15, 0.2) is 18.2 Å². The number of benzene rings is 1. The number of nitrogens with two attached hydrogens (primary N) is 1. The van der Waals surface area contributed by atoms with Gasteiger partial charge in [0, 0.05) is 36.9 Å². The van der Waals surface area contributed by atoms with E-state index in [2.05, 4.69) is 16.8 Å². The van der Waals surface area contributed by atoms with Crippen molar-refractivity contribution in [2.24, 2.45) is 11.7 Å². The summed E-state index contributed by atoms with van der Waals surface area (Å²) in [5.41, 5.74) is 7.40. The molecule has 2 N–H and O–H groups in total. The van der Waals surface area contributed by atoms with Gasteiger partial charge in [-0.3, -0.25) is 0 Å². The molecular formula is C16H24FN3. The van der Waals surface area contributed by atoms with Gasteiger partial charge in [0.05, 0.1) is 0 Å². The number of hydrogen-bond donors (Lipinski definition) is 1. The Kier molecular flexibility index (Phi) is 3.94. The lowest BCUT2D eigenvalue weighted by atomic mass is 9.84. The second kappa shape index (κ2) is 5.70. The van der Waals surface area contributed by atoms with Crippen molar-refractivity contribution in [3.63, 3.8) is 0 Å². The Labute approximate surface area is 120 Å². The average Bonchev–Trinajstić information content (AvgIpc) is 2.47. The molecule has 2 aliphatic rings. The molecule has 2 heterocycles. The van der Waals surface area contributed by atoms with Gasteiger partial charge >= 0.3 is 0 Å². The van der Waals surface area contributed by atoms with E-state index >= 15 is 0 Å². The van der Waals surface area contributed by atoms with E-state index in [0.29, 0.717) is 17.5 Å². The highest BCUT2D eigenvalue weighted by molar-refractivity contribution is 5.54. The lowest BCUT2D eigenvalue weighted by Gasteiger charge is -2.47. The summed E-state index contributed by atoms with van der Waals surface area (Å²) in [4.78, 5) is 4.84. The summed E-state index contributed by atoms with van der Waals surface area (Å²) < 4.78 is 13.9. The summed E-state index contributed by atoms with van der Waals surface area (Å²) in [7, 11) is 2.24. The smallest absolute Gasteiger partial charge is 0.129 e. The summed E-state index contributed by atoms with van der Waals surface area (Å²) in [6.45, 7) is 3.52. The van der Waals surface area contributed by atoms with Crippen LogP contribution in [-0.4, -0.2) is 37.6 Å². The van der Waals surface area contributed by atoms with Crippen LogP contribution in [0.5, 0.6) is 0 Å². The fraction of sp³-hybridized carbons (Fsp3) is 0.625. The summed E-state index contributed by atoms with van der Waals surface area (Å²) in [6.07, 6.45) is 3.73. The Hall–Kier alpha value is -1.13. The maximum atomic E-state index is 13.9. The fourth-order valence-corrected chi connectivity index (χ4v) is 3.92. The lowest BCUT2D eigenvalue weighted by molar-refractivity contribution is 0.102. The van der Waals surface area contributed by atoms with Gasteiger partial charge in [-0.15, -0.1) is 0 Å². The number of anilines is 1. The van der Waals surface area contributed by atoms with Crippen molar-refractivity contribution < 1.29 is 4.39 Å². The van der Waals surface area contributed by atoms with Gasteiger partial charge < -0.3 is 15.5 Å². The molecule has 0 aliphatic carbocycles. The van der Waals surface area contributed by atoms with Crippen LogP contribution in [0.4, 0.5) is 10.1 Å². The van der Waals surface area contributed by atoms with Crippen molar-refractivity contribution in [1.29, 1.82) is 0 Å². The molecule has 3 rings (SSSR count). The summed E-state index contributed by atoms with van der Waals surface area (Å²) >= 11 is 0. The quantitative estimate of drug-likeness (QED) is 0.899. The zero-order chi connectivity index (χ0) is 14.1. The van der Waals surface area contributed by atoms with Gasteiger partial charge in [0.25, 0.3) is 0 Å². The first-order valence-corrected chi connectivity index (χ1v) is 7.63. The third kappa shape index (κ3) is 2.42. The van der Waals surface area contributed by atoms with Gasteiger partial charge in [-0.25, -0.2) is 4.39 Å². The molecule has 0 amide bonds. The van der Waals surface area contributed by atoms with Crippen molar-refractivity contribution in [3.8, 4) is 0 Å². The molecule has 2 unspecified atom stereocenters. The van der Waals surface area contributed by atoms with Crippen LogP contribution >= 0.6 is 0 Å². The third-order valence-electron chi connectivity index (χ3n) is 4.98. The van der Waals surface area contributed by atoms with E-state index in [4.69, 9.17) is 5.73 Å². The standard InChI is InChI=1S/C16H24FN3/c1-19-8-3-4-12-11-20(9-7-15(12)19)16-6-2-5-14(17)13(16)10-18/h2,5-6,12,15H,3-4,7-11,18H2,1H3. The molecule has 2 atom stereocenters. The molecular weight excluding hydrogens is 253 g/mol. The molecule has 2 fully saturated rings. The molecule has 0 spiro atoms. The molecule has 0 radical (unpaired) electrons. The van der Waals surface area contributed by atoms with Crippen molar-refractivity contribution in [3.05, 3.63) is 29.6 Å². The first-order chi connectivity index (χ1) is 9.70. The Balaban J connectivity index is 1.81. The monoisotopic (exact) mass is 277 g/mol. The molecule has 3 nitrogen and oxygen atoms in total. The average molecular weight is 277 g/mol. The number of rotatable bonds is 2. The highest BCUT2D eigenvalue weighted by atomic mass is 19.1. The lowest BCUT2D eigenvalue weighted by Crippen LogP contribution is -2.53. The van der Waals surface area contributed by atoms with E-state index in [1.165, 1.54) is 31.9 Å². The molecule has 2 saturated heterocycles. The minimum atomic E-state index is -0.173. The van der Waals surface area contributed by atoms with Crippen LogP contribution in [0, 0.1) is 11.7 Å². The van der Waals surface area contributed by atoms with Crippen LogP contribution in [0.1, 0.15) is 24.8 Å². The predicted molar refractivity (Wildman–Crippen MR) is 80.3 cm³/mol. The van der Waals surface area contributed by atoms with E-state index in [9.17, 15) is 4.39 Å². The Bertz CT molecular complexity index is 477. The topological polar surface area (TPSA) is 32.5 Å². The number of fused-ring (bicyclic) bond motifs is 1. The van der Waals surface area contributed by atoms with Crippen molar-refractivity contribution in [2.75, 3.05) is 31.6 Å². The Morgan fingerprint density at radius 2 is 2.15 bits per heavy atom. The van der Waals surface area contributed by atoms with E-state index < -0.39 is 0 Å². The second-order valence-electron chi connectivity index (χ2n) is 6.13. The maximum absolute atomic E-state index is 13.9. The van der Waals surface area contributed by atoms with E-state index in [1.54, 1.807) is 6.07 Å². The minimum Gasteiger partial charge on any atom is -0.371 e. The zero-order valence-electron chi connectivity index (χ0n) is 12.2. The van der Waals surface area contributed by atoms with Crippen LogP contribution < -0.4 is 10.6 Å². The summed E-state index contributed by atoms with van der Waals surface area (Å²) in [5.74, 6) is 0.532. The molecule has 0 aromatic heterocycles. The van der Waals surface area contributed by atoms with Crippen molar-refractivity contribution in [1.82, 2.24) is 4.90 Å². The molecule has 2 aliphatic heterocycles. The number of nitrogens with zero attached hydrogens (tertiary/aromatic N) is 2. The van der Waals surface area contributed by atoms with Gasteiger partial charge in [0.1, 0.15) is 5.82 Å². The first-order valence-electron chi connectivity index (χ1n) is 7.63. The van der Waals surface area contributed by atoms with E-state index in [1.807, 2.05) is 6.07 Å². The number of halogens is 1. The number of piperidine rings is 2. The number of hydrogen-bond acceptors (Lipinski definition) is 3. The normalized spacial score (nSPS) is 27.4. The van der Waals surface area contributed by atoms with Gasteiger partial charge in [-0.1, -0.05) is 6.07 Å². The minimum absolute atomic E-state index is 0.173. The molecule has 110 valence electrons. The third-order valence-corrected chi connectivity index (χ3v) is 4.98. The van der Waals surface area contributed by atoms with E-state index in [0.717, 1.165) is 18.8 Å². The SMILES string of the molecule is CN1CCCC2CN(c3cccc(F)c3CN)CCC21. The van der Waals surface area contributed by atoms with Crippen molar-refractivity contribution in [2.45, 2.75) is 31.8 Å². The van der Waals surface area contributed by atoms with Crippen molar-refractivity contribution >= 4 is 5.69 Å². The predicted octanol–water partition coefficient (Wildman–Crippen LogP) is 2.20. The highest BCUT2D eigenvalue weighted by Gasteiger charge is 2.34. The molecule has 1 aromatic carbocycles. The summed E-state index contributed by atoms with van der Waals surface area (Å²) in [5, 5.41) is 0. The molecule has 1 aromatic rings. The fourth-order valence-electron chi connectivity index (χ4n) is 3.92. The summed E-state index contributed by atoms with van der Waals surface area (Å²) in [6, 6.07) is 6.02. The van der Waals surface area contributed by atoms with E-state index in [-0.39, 0.29) is 12.4 Å². The van der Waals surface area contributed by atoms with Gasteiger partial charge in [-0.05, 0) is 50.9 Å². The van der Waals surface area contributed by atoms with Gasteiger partial charge in [0.15, 0.2) is 0 Å². The maximum Gasteiger partial charge on any atom is 0.129 e. The second-order valence-corrected chi connectivity index (χ2v) is 6.13. The Morgan fingerprint density at radius 1 is 1.30 bits per heavy atom. The van der Waals surface area contributed by atoms with Crippen LogP contribution in [0.2, 0.25) is 0 Å². The Morgan fingerprint density at radius 3 is 2.95 bits per heavy atom. The highest BCUT2D eigenvalue weighted by Crippen LogP contribution is 2.33. The molecule has 0 bridgehead atoms. The first kappa shape index (κ1) is 13.8. The largest absolute Gasteiger partial charge is 0.371 e. The van der Waals surface area contributed by atoms with Crippen LogP contribution in [0.3, 0.4) is 0 Å². The zero-order valence-corrected chi connectivity index (χ0v) is 12.2. The van der Waals surface area contributed by atoms with Crippen LogP contribution in [-0.2, 0) is 6.54 Å². The molecule has 20 heavy (non-hydrogen) atoms. The van der Waals surface area contributed by atoms with Gasteiger partial charge in [-0.2, -0.15) is 0 Å². The van der Waals surface area contributed by atoms with Gasteiger partial charge in [0.2, 0.25) is 0 Å². The van der Waals surface area contributed by atoms with Crippen LogP contribution in [0.25, 0.3) is 0 Å².